The Morgan fingerprint density at radius 2 is 1.89 bits per heavy atom. The standard InChI is InChI=1S/C11H17F3N2O3/c1-4-5-16(8(2)3)10(19)15(6-9(17)18)7-11(12,13)14/h4,8H,1,5-7H2,2-3H3,(H,17,18). The van der Waals surface area contributed by atoms with Crippen molar-refractivity contribution in [2.75, 3.05) is 19.6 Å². The third-order valence-electron chi connectivity index (χ3n) is 2.16. The summed E-state index contributed by atoms with van der Waals surface area (Å²) in [4.78, 5) is 23.8. The van der Waals surface area contributed by atoms with Gasteiger partial charge in [-0.15, -0.1) is 6.58 Å². The van der Waals surface area contributed by atoms with E-state index in [4.69, 9.17) is 5.11 Å². The van der Waals surface area contributed by atoms with Gasteiger partial charge in [-0.25, -0.2) is 4.79 Å². The Hall–Kier alpha value is -1.73. The minimum atomic E-state index is -4.65. The molecule has 0 aromatic carbocycles. The van der Waals surface area contributed by atoms with Gasteiger partial charge in [0.25, 0.3) is 0 Å². The van der Waals surface area contributed by atoms with Gasteiger partial charge in [-0.2, -0.15) is 13.2 Å². The zero-order valence-electron chi connectivity index (χ0n) is 10.8. The Morgan fingerprint density at radius 3 is 2.21 bits per heavy atom. The van der Waals surface area contributed by atoms with Crippen LogP contribution in [0.4, 0.5) is 18.0 Å². The molecule has 0 aliphatic carbocycles. The summed E-state index contributed by atoms with van der Waals surface area (Å²) >= 11 is 0. The first kappa shape index (κ1) is 17.3. The minimum absolute atomic E-state index is 0.0461. The molecule has 8 heteroatoms. The summed E-state index contributed by atoms with van der Waals surface area (Å²) in [5.41, 5.74) is 0. The maximum absolute atomic E-state index is 12.3. The zero-order chi connectivity index (χ0) is 15.2. The highest BCUT2D eigenvalue weighted by atomic mass is 19.4. The number of rotatable bonds is 6. The lowest BCUT2D eigenvalue weighted by Crippen LogP contribution is -2.51. The normalized spacial score (nSPS) is 11.3. The van der Waals surface area contributed by atoms with Crippen LogP contribution in [0.25, 0.3) is 0 Å². The van der Waals surface area contributed by atoms with Crippen LogP contribution in [0, 0.1) is 0 Å². The summed E-state index contributed by atoms with van der Waals surface area (Å²) in [6.45, 7) is 4.09. The SMILES string of the molecule is C=CCN(C(=O)N(CC(=O)O)CC(F)(F)F)C(C)C. The molecule has 19 heavy (non-hydrogen) atoms. The van der Waals surface area contributed by atoms with Crippen LogP contribution in [-0.2, 0) is 4.79 Å². The predicted octanol–water partition coefficient (Wildman–Crippen LogP) is 1.95. The molecule has 0 atom stereocenters. The van der Waals surface area contributed by atoms with E-state index < -0.39 is 31.3 Å². The van der Waals surface area contributed by atoms with Gasteiger partial charge in [0.1, 0.15) is 13.1 Å². The number of hydrogen-bond donors (Lipinski definition) is 1. The van der Waals surface area contributed by atoms with E-state index in [2.05, 4.69) is 6.58 Å². The maximum atomic E-state index is 12.3. The molecule has 0 aliphatic rings. The van der Waals surface area contributed by atoms with Crippen molar-refractivity contribution in [3.8, 4) is 0 Å². The van der Waals surface area contributed by atoms with E-state index in [1.807, 2.05) is 0 Å². The van der Waals surface area contributed by atoms with Crippen LogP contribution < -0.4 is 0 Å². The molecule has 2 amide bonds. The molecular weight excluding hydrogens is 265 g/mol. The van der Waals surface area contributed by atoms with Crippen LogP contribution >= 0.6 is 0 Å². The molecule has 0 aromatic rings. The Kier molecular flexibility index (Phi) is 6.37. The number of hydrogen-bond acceptors (Lipinski definition) is 2. The van der Waals surface area contributed by atoms with Crippen molar-refractivity contribution in [3.63, 3.8) is 0 Å². The van der Waals surface area contributed by atoms with E-state index in [1.54, 1.807) is 13.8 Å². The van der Waals surface area contributed by atoms with Gasteiger partial charge in [0.05, 0.1) is 0 Å². The molecule has 0 heterocycles. The number of carbonyl (C=O) groups excluding carboxylic acids is 1. The molecule has 0 fully saturated rings. The first-order chi connectivity index (χ1) is 8.58. The molecule has 0 radical (unpaired) electrons. The number of carboxylic acids is 1. The fraction of sp³-hybridized carbons (Fsp3) is 0.636. The first-order valence-corrected chi connectivity index (χ1v) is 5.53. The highest BCUT2D eigenvalue weighted by Gasteiger charge is 2.35. The lowest BCUT2D eigenvalue weighted by atomic mass is 10.3. The first-order valence-electron chi connectivity index (χ1n) is 5.53. The fourth-order valence-electron chi connectivity index (χ4n) is 1.40. The molecule has 0 unspecified atom stereocenters. The van der Waals surface area contributed by atoms with Crippen LogP contribution in [-0.4, -0.2) is 58.8 Å². The Morgan fingerprint density at radius 1 is 1.37 bits per heavy atom. The van der Waals surface area contributed by atoms with Gasteiger partial charge in [0, 0.05) is 12.6 Å². The smallest absolute Gasteiger partial charge is 0.406 e. The summed E-state index contributed by atoms with van der Waals surface area (Å²) in [6.07, 6.45) is -3.29. The van der Waals surface area contributed by atoms with Crippen LogP contribution in [0.1, 0.15) is 13.8 Å². The van der Waals surface area contributed by atoms with Crippen LogP contribution in [0.2, 0.25) is 0 Å². The molecule has 110 valence electrons. The molecule has 0 aliphatic heterocycles. The van der Waals surface area contributed by atoms with Crippen molar-refractivity contribution >= 4 is 12.0 Å². The second-order valence-corrected chi connectivity index (χ2v) is 4.18. The lowest BCUT2D eigenvalue weighted by molar-refractivity contribution is -0.149. The number of aliphatic carboxylic acids is 1. The highest BCUT2D eigenvalue weighted by molar-refractivity contribution is 5.80. The number of nitrogens with zero attached hydrogens (tertiary/aromatic N) is 2. The van der Waals surface area contributed by atoms with E-state index in [9.17, 15) is 22.8 Å². The summed E-state index contributed by atoms with van der Waals surface area (Å²) in [5, 5.41) is 8.58. The predicted molar refractivity (Wildman–Crippen MR) is 62.7 cm³/mol. The summed E-state index contributed by atoms with van der Waals surface area (Å²) in [5.74, 6) is -1.50. The Bertz CT molecular complexity index is 343. The fourth-order valence-corrected chi connectivity index (χ4v) is 1.40. The summed E-state index contributed by atoms with van der Waals surface area (Å²) < 4.78 is 37.0. The zero-order valence-corrected chi connectivity index (χ0v) is 10.8. The molecule has 0 saturated carbocycles. The van der Waals surface area contributed by atoms with Gasteiger partial charge in [-0.3, -0.25) is 4.79 Å². The van der Waals surface area contributed by atoms with Crippen molar-refractivity contribution < 1.29 is 27.9 Å². The van der Waals surface area contributed by atoms with Crippen molar-refractivity contribution in [1.29, 1.82) is 0 Å². The van der Waals surface area contributed by atoms with Gasteiger partial charge >= 0.3 is 18.2 Å². The second-order valence-electron chi connectivity index (χ2n) is 4.18. The van der Waals surface area contributed by atoms with Crippen molar-refractivity contribution in [3.05, 3.63) is 12.7 Å². The Balaban J connectivity index is 5.05. The molecular formula is C11H17F3N2O3. The van der Waals surface area contributed by atoms with E-state index in [-0.39, 0.29) is 17.5 Å². The topological polar surface area (TPSA) is 60.9 Å². The third kappa shape index (κ3) is 6.68. The van der Waals surface area contributed by atoms with Crippen LogP contribution in [0.15, 0.2) is 12.7 Å². The van der Waals surface area contributed by atoms with Crippen LogP contribution in [0.5, 0.6) is 0 Å². The summed E-state index contributed by atoms with van der Waals surface area (Å²) in [6, 6.07) is -1.34. The van der Waals surface area contributed by atoms with E-state index in [0.29, 0.717) is 0 Å². The molecule has 5 nitrogen and oxygen atoms in total. The summed E-state index contributed by atoms with van der Waals surface area (Å²) in [7, 11) is 0. The second kappa shape index (κ2) is 7.01. The van der Waals surface area contributed by atoms with Crippen LogP contribution in [0.3, 0.4) is 0 Å². The lowest BCUT2D eigenvalue weighted by Gasteiger charge is -2.32. The van der Waals surface area contributed by atoms with Crippen molar-refractivity contribution in [2.24, 2.45) is 0 Å². The Labute approximate surface area is 109 Å². The van der Waals surface area contributed by atoms with Crippen molar-refractivity contribution in [2.45, 2.75) is 26.1 Å². The van der Waals surface area contributed by atoms with E-state index >= 15 is 0 Å². The van der Waals surface area contributed by atoms with Gasteiger partial charge < -0.3 is 14.9 Å². The number of halogens is 3. The average molecular weight is 282 g/mol. The minimum Gasteiger partial charge on any atom is -0.480 e. The molecule has 0 rings (SSSR count). The maximum Gasteiger partial charge on any atom is 0.406 e. The molecule has 0 saturated heterocycles. The van der Waals surface area contributed by atoms with E-state index in [1.165, 1.54) is 6.08 Å². The number of amides is 2. The van der Waals surface area contributed by atoms with E-state index in [0.717, 1.165) is 4.90 Å². The van der Waals surface area contributed by atoms with Gasteiger partial charge in [0.2, 0.25) is 0 Å². The monoisotopic (exact) mass is 282 g/mol. The largest absolute Gasteiger partial charge is 0.480 e. The van der Waals surface area contributed by atoms with Gasteiger partial charge in [-0.1, -0.05) is 6.08 Å². The quantitative estimate of drug-likeness (QED) is 0.757. The molecule has 0 bridgehead atoms. The van der Waals surface area contributed by atoms with Gasteiger partial charge in [-0.05, 0) is 13.8 Å². The third-order valence-corrected chi connectivity index (χ3v) is 2.16. The highest BCUT2D eigenvalue weighted by Crippen LogP contribution is 2.18. The molecule has 0 aromatic heterocycles. The number of urea groups is 1. The number of alkyl halides is 3. The van der Waals surface area contributed by atoms with Gasteiger partial charge in [0.15, 0.2) is 0 Å². The van der Waals surface area contributed by atoms with Crippen molar-refractivity contribution in [1.82, 2.24) is 9.80 Å². The number of carbonyl (C=O) groups is 2. The molecule has 0 spiro atoms. The average Bonchev–Trinajstić information content (AvgIpc) is 2.20. The number of carboxylic acid groups (broad SMARTS) is 1. The molecule has 1 N–H and O–H groups in total.